The van der Waals surface area contributed by atoms with Crippen LogP contribution in [0.25, 0.3) is 10.9 Å². The zero-order valence-corrected chi connectivity index (χ0v) is 36.2. The molecule has 3 aliphatic heterocycles. The normalized spacial score (nSPS) is 20.3. The molecule has 0 spiro atoms. The number of amides is 2. The van der Waals surface area contributed by atoms with Crippen molar-refractivity contribution in [2.75, 3.05) is 143 Å². The van der Waals surface area contributed by atoms with E-state index >= 15 is 0 Å². The smallest absolute Gasteiger partial charge is 0.469 e. The first-order valence-corrected chi connectivity index (χ1v) is 21.7. The second-order valence-corrected chi connectivity index (χ2v) is 16.8. The molecule has 0 bridgehead atoms. The van der Waals surface area contributed by atoms with E-state index in [-0.39, 0.29) is 50.0 Å². The Hall–Kier alpha value is -4.48. The Morgan fingerprint density at radius 2 is 1.29 bits per heavy atom. The van der Waals surface area contributed by atoms with Crippen molar-refractivity contribution in [1.29, 1.82) is 0 Å². The quantitative estimate of drug-likeness (QED) is 0.0914. The summed E-state index contributed by atoms with van der Waals surface area (Å²) < 4.78 is 0. The van der Waals surface area contributed by atoms with E-state index in [2.05, 4.69) is 20.1 Å². The average Bonchev–Trinajstić information content (AvgIpc) is 3.69. The van der Waals surface area contributed by atoms with Gasteiger partial charge in [-0.1, -0.05) is 0 Å². The number of anilines is 1. The third-order valence-electron chi connectivity index (χ3n) is 12.1. The minimum absolute atomic E-state index is 0.0336. The van der Waals surface area contributed by atoms with Gasteiger partial charge in [-0.05, 0) is 63.5 Å². The van der Waals surface area contributed by atoms with E-state index in [1.165, 1.54) is 0 Å². The first kappa shape index (κ1) is 48.6. The number of likely N-dealkylation sites (tertiary alicyclic amines) is 1. The summed E-state index contributed by atoms with van der Waals surface area (Å²) in [6.45, 7) is 9.58. The molecule has 3 fully saturated rings. The number of benzene rings is 1. The summed E-state index contributed by atoms with van der Waals surface area (Å²) in [6, 6.07) is 7.43. The van der Waals surface area contributed by atoms with Crippen LogP contribution in [-0.4, -0.2) is 251 Å². The van der Waals surface area contributed by atoms with E-state index in [9.17, 15) is 49.3 Å². The Labute approximate surface area is 363 Å². The number of rotatable bonds is 18. The van der Waals surface area contributed by atoms with Crippen molar-refractivity contribution in [2.45, 2.75) is 38.2 Å². The van der Waals surface area contributed by atoms with Crippen LogP contribution in [0.2, 0.25) is 0 Å². The van der Waals surface area contributed by atoms with Crippen molar-refractivity contribution in [1.82, 2.24) is 44.6 Å². The maximum absolute atomic E-state index is 13.6. The fraction of sp³-hybridized carbons (Fsp3) is 0.659. The number of piperazine rings is 1. The molecule has 2 atom stereocenters. The maximum Gasteiger partial charge on any atom is 0.469 e. The van der Waals surface area contributed by atoms with Gasteiger partial charge >= 0.3 is 25.0 Å². The molecule has 3 saturated heterocycles. The molecule has 0 aliphatic carbocycles. The third-order valence-corrected chi connectivity index (χ3v) is 12.1. The average molecular weight is 869 g/mol. The van der Waals surface area contributed by atoms with E-state index in [4.69, 9.17) is 0 Å². The number of nitrogens with one attached hydrogen (secondary N) is 1. The minimum atomic E-state index is -1.41. The lowest BCUT2D eigenvalue weighted by Crippen LogP contribution is -2.53. The van der Waals surface area contributed by atoms with Crippen molar-refractivity contribution >= 4 is 53.4 Å². The molecular weight excluding hydrogens is 803 g/mol. The standard InChI is InChI=1S/C41H65BN10O10/c1-31(26-52-12-3-5-36(52)42(61)62)44-41(60)33-8-9-43-35-7-6-32(25-34(33)35)45(2)10-4-11-46-21-23-51(24-22-46)37(53)27-47-13-15-48(28-38(54)55)17-19-50(30-40(58)59)20-18-49(16-14-47)29-39(56)57/h6-9,25,31,36,61-62H,3-5,10-24,26-30H2,1-2H3,(H,44,60)(H,54,55)(H,56,57)(H,58,59)/t31-,36+/m1/s1. The Bertz CT molecular complexity index is 1790. The van der Waals surface area contributed by atoms with Crippen LogP contribution in [0.4, 0.5) is 5.69 Å². The van der Waals surface area contributed by atoms with Crippen LogP contribution < -0.4 is 10.2 Å². The van der Waals surface area contributed by atoms with Crippen molar-refractivity contribution in [3.63, 3.8) is 0 Å². The van der Waals surface area contributed by atoms with E-state index in [1.54, 1.807) is 27.0 Å². The maximum atomic E-state index is 13.6. The van der Waals surface area contributed by atoms with Gasteiger partial charge in [-0.2, -0.15) is 0 Å². The van der Waals surface area contributed by atoms with Gasteiger partial charge in [0.25, 0.3) is 5.91 Å². The number of aromatic nitrogens is 1. The summed E-state index contributed by atoms with van der Waals surface area (Å²) in [5, 5.41) is 51.8. The molecule has 0 radical (unpaired) electrons. The molecule has 3 aliphatic rings. The predicted molar refractivity (Wildman–Crippen MR) is 233 cm³/mol. The highest BCUT2D eigenvalue weighted by molar-refractivity contribution is 6.43. The number of aliphatic carboxylic acids is 3. The molecule has 21 heteroatoms. The van der Waals surface area contributed by atoms with Crippen molar-refractivity contribution in [3.8, 4) is 0 Å². The number of pyridine rings is 1. The van der Waals surface area contributed by atoms with Crippen molar-refractivity contribution in [2.24, 2.45) is 0 Å². The van der Waals surface area contributed by atoms with Gasteiger partial charge in [0.1, 0.15) is 0 Å². The topological polar surface area (TPSA) is 237 Å². The van der Waals surface area contributed by atoms with Crippen molar-refractivity contribution in [3.05, 3.63) is 36.0 Å². The second kappa shape index (κ2) is 23.8. The largest absolute Gasteiger partial charge is 0.480 e. The number of carboxylic acid groups (broad SMARTS) is 3. The van der Waals surface area contributed by atoms with Crippen LogP contribution in [0.3, 0.4) is 0 Å². The van der Waals surface area contributed by atoms with E-state index < -0.39 is 25.0 Å². The van der Waals surface area contributed by atoms with Crippen LogP contribution in [0.15, 0.2) is 30.5 Å². The molecule has 6 N–H and O–H groups in total. The molecule has 62 heavy (non-hydrogen) atoms. The van der Waals surface area contributed by atoms with E-state index in [1.807, 2.05) is 46.9 Å². The zero-order valence-electron chi connectivity index (χ0n) is 36.2. The van der Waals surface area contributed by atoms with E-state index in [0.717, 1.165) is 56.6 Å². The van der Waals surface area contributed by atoms with Gasteiger partial charge in [0.05, 0.1) is 37.3 Å². The van der Waals surface area contributed by atoms with Crippen molar-refractivity contribution < 1.29 is 49.3 Å². The highest BCUT2D eigenvalue weighted by Gasteiger charge is 2.34. The lowest BCUT2D eigenvalue weighted by Gasteiger charge is -2.37. The number of carbonyl (C=O) groups is 5. The molecule has 2 aromatic rings. The molecular formula is C41H65BN10O10. The number of hydrogen-bond donors (Lipinski definition) is 6. The third kappa shape index (κ3) is 15.1. The molecule has 0 unspecified atom stereocenters. The number of nitrogens with zero attached hydrogens (tertiary/aromatic N) is 9. The lowest BCUT2D eigenvalue weighted by molar-refractivity contribution is -0.141. The molecule has 1 aromatic heterocycles. The molecule has 5 rings (SSSR count). The van der Waals surface area contributed by atoms with Crippen LogP contribution in [0.5, 0.6) is 0 Å². The Morgan fingerprint density at radius 3 is 1.82 bits per heavy atom. The fourth-order valence-electron chi connectivity index (χ4n) is 8.64. The van der Waals surface area contributed by atoms with Crippen LogP contribution in [-0.2, 0) is 19.2 Å². The van der Waals surface area contributed by atoms with Crippen LogP contribution in [0, 0.1) is 0 Å². The molecule has 1 aromatic carbocycles. The van der Waals surface area contributed by atoms with Gasteiger partial charge in [0, 0.05) is 128 Å². The Morgan fingerprint density at radius 1 is 0.758 bits per heavy atom. The van der Waals surface area contributed by atoms with Gasteiger partial charge in [0.2, 0.25) is 5.91 Å². The predicted octanol–water partition coefficient (Wildman–Crippen LogP) is -1.72. The number of fused-ring (bicyclic) bond motifs is 1. The van der Waals surface area contributed by atoms with Gasteiger partial charge in [-0.25, -0.2) is 0 Å². The molecule has 0 saturated carbocycles. The lowest BCUT2D eigenvalue weighted by atomic mass is 9.78. The molecule has 2 amide bonds. The zero-order chi connectivity index (χ0) is 44.8. The summed E-state index contributed by atoms with van der Waals surface area (Å²) in [6.07, 6.45) is 4.10. The first-order chi connectivity index (χ1) is 29.6. The summed E-state index contributed by atoms with van der Waals surface area (Å²) in [5.74, 6) is -3.57. The van der Waals surface area contributed by atoms with Crippen LogP contribution in [0.1, 0.15) is 36.5 Å². The number of carbonyl (C=O) groups excluding carboxylic acids is 2. The Kier molecular flexibility index (Phi) is 18.7. The summed E-state index contributed by atoms with van der Waals surface area (Å²) in [4.78, 5) is 81.9. The first-order valence-electron chi connectivity index (χ1n) is 21.7. The second-order valence-electron chi connectivity index (χ2n) is 16.8. The Balaban J connectivity index is 1.10. The van der Waals surface area contributed by atoms with Gasteiger partial charge < -0.3 is 45.4 Å². The van der Waals surface area contributed by atoms with E-state index in [0.29, 0.717) is 89.5 Å². The summed E-state index contributed by atoms with van der Waals surface area (Å²) in [5.41, 5.74) is 2.20. The SMILES string of the molecule is C[C@H](CN1CCC[C@H]1B(O)O)NC(=O)c1ccnc2ccc(N(C)CCCN3CCN(C(=O)CN4CCN(CC(=O)O)CCN(CC(=O)O)CCN(CC(=O)O)CC4)CC3)cc12. The van der Waals surface area contributed by atoms with Gasteiger partial charge in [-0.15, -0.1) is 0 Å². The highest BCUT2D eigenvalue weighted by Crippen LogP contribution is 2.24. The fourth-order valence-corrected chi connectivity index (χ4v) is 8.64. The molecule has 4 heterocycles. The molecule has 20 nitrogen and oxygen atoms in total. The van der Waals surface area contributed by atoms with Gasteiger partial charge in [0.15, 0.2) is 0 Å². The van der Waals surface area contributed by atoms with Crippen LogP contribution >= 0.6 is 0 Å². The summed E-state index contributed by atoms with van der Waals surface area (Å²) >= 11 is 0. The number of carboxylic acids is 3. The number of hydrogen-bond acceptors (Lipinski definition) is 15. The monoisotopic (exact) mass is 868 g/mol. The van der Waals surface area contributed by atoms with Gasteiger partial charge in [-0.3, -0.25) is 53.5 Å². The highest BCUT2D eigenvalue weighted by atomic mass is 16.4. The summed E-state index contributed by atoms with van der Waals surface area (Å²) in [7, 11) is 0.611. The minimum Gasteiger partial charge on any atom is -0.480 e. The molecule has 342 valence electrons.